The van der Waals surface area contributed by atoms with E-state index >= 15 is 0 Å². The summed E-state index contributed by atoms with van der Waals surface area (Å²) in [7, 11) is 4.02. The van der Waals surface area contributed by atoms with Crippen LogP contribution in [-0.4, -0.2) is 28.8 Å². The van der Waals surface area contributed by atoms with Gasteiger partial charge in [-0.2, -0.15) is 0 Å². The second kappa shape index (κ2) is 5.02. The highest BCUT2D eigenvalue weighted by atomic mass is 16.3. The van der Waals surface area contributed by atoms with E-state index in [0.717, 1.165) is 33.3 Å². The summed E-state index contributed by atoms with van der Waals surface area (Å²) in [5.74, 6) is 1.10. The molecule has 0 saturated heterocycles. The van der Waals surface area contributed by atoms with Crippen LogP contribution in [0.25, 0.3) is 27.6 Å². The number of phenols is 1. The molecular weight excluding hydrogens is 286 g/mol. The van der Waals surface area contributed by atoms with E-state index in [-0.39, 0.29) is 5.75 Å². The van der Waals surface area contributed by atoms with Crippen LogP contribution >= 0.6 is 0 Å². The van der Waals surface area contributed by atoms with Crippen LogP contribution in [0.15, 0.2) is 60.8 Å². The Bertz CT molecular complexity index is 1020. The predicted molar refractivity (Wildman–Crippen MR) is 94.6 cm³/mol. The number of phenolic OH excluding ortho intramolecular Hbond substituents is 1. The quantitative estimate of drug-likeness (QED) is 0.609. The number of para-hydroxylation sites is 1. The SMILES string of the molecule is CN(C)c1ccnc(-n2c3ccccc3c3ccc(O)cc32)c1. The number of rotatable bonds is 2. The topological polar surface area (TPSA) is 41.3 Å². The smallest absolute Gasteiger partial charge is 0.139 e. The number of hydrogen-bond donors (Lipinski definition) is 1. The first-order valence-corrected chi connectivity index (χ1v) is 7.51. The molecule has 0 radical (unpaired) electrons. The lowest BCUT2D eigenvalue weighted by Crippen LogP contribution is -2.09. The first kappa shape index (κ1) is 13.6. The van der Waals surface area contributed by atoms with Crippen LogP contribution in [0.3, 0.4) is 0 Å². The zero-order valence-electron chi connectivity index (χ0n) is 13.1. The molecule has 0 saturated carbocycles. The average molecular weight is 303 g/mol. The van der Waals surface area contributed by atoms with Crippen molar-refractivity contribution in [1.82, 2.24) is 9.55 Å². The van der Waals surface area contributed by atoms with E-state index in [1.165, 1.54) is 0 Å². The molecule has 0 amide bonds. The molecular formula is C19H17N3O. The van der Waals surface area contributed by atoms with Crippen LogP contribution in [0.5, 0.6) is 5.75 Å². The van der Waals surface area contributed by atoms with Crippen molar-refractivity contribution in [2.45, 2.75) is 0 Å². The zero-order chi connectivity index (χ0) is 16.0. The van der Waals surface area contributed by atoms with Gasteiger partial charge in [0.15, 0.2) is 0 Å². The van der Waals surface area contributed by atoms with Crippen LogP contribution in [0.4, 0.5) is 5.69 Å². The second-order valence-electron chi connectivity index (χ2n) is 5.82. The third-order valence-corrected chi connectivity index (χ3v) is 4.13. The summed E-state index contributed by atoms with van der Waals surface area (Å²) in [5, 5.41) is 12.2. The van der Waals surface area contributed by atoms with Crippen LogP contribution < -0.4 is 4.90 Å². The summed E-state index contributed by atoms with van der Waals surface area (Å²) in [6, 6.07) is 17.7. The zero-order valence-corrected chi connectivity index (χ0v) is 13.1. The molecule has 0 atom stereocenters. The number of aromatic nitrogens is 2. The molecule has 114 valence electrons. The molecule has 4 rings (SSSR count). The second-order valence-corrected chi connectivity index (χ2v) is 5.82. The molecule has 0 bridgehead atoms. The van der Waals surface area contributed by atoms with Crippen LogP contribution in [0.1, 0.15) is 0 Å². The summed E-state index contributed by atoms with van der Waals surface area (Å²) in [5.41, 5.74) is 3.12. The first-order valence-electron chi connectivity index (χ1n) is 7.51. The fourth-order valence-electron chi connectivity index (χ4n) is 3.01. The minimum absolute atomic E-state index is 0.255. The minimum Gasteiger partial charge on any atom is -0.508 e. The Hall–Kier alpha value is -3.01. The van der Waals surface area contributed by atoms with E-state index in [4.69, 9.17) is 0 Å². The summed E-state index contributed by atoms with van der Waals surface area (Å²) in [4.78, 5) is 6.60. The van der Waals surface area contributed by atoms with Gasteiger partial charge in [0.05, 0.1) is 11.0 Å². The highest BCUT2D eigenvalue weighted by Crippen LogP contribution is 2.33. The van der Waals surface area contributed by atoms with Crippen molar-refractivity contribution in [2.75, 3.05) is 19.0 Å². The van der Waals surface area contributed by atoms with Crippen LogP contribution in [0, 0.1) is 0 Å². The number of aromatic hydroxyl groups is 1. The van der Waals surface area contributed by atoms with E-state index in [2.05, 4.69) is 32.7 Å². The number of hydrogen-bond acceptors (Lipinski definition) is 3. The number of anilines is 1. The molecule has 0 unspecified atom stereocenters. The molecule has 0 aliphatic carbocycles. The van der Waals surface area contributed by atoms with Gasteiger partial charge in [-0.1, -0.05) is 18.2 Å². The van der Waals surface area contributed by atoms with Crippen LogP contribution in [-0.2, 0) is 0 Å². The number of pyridine rings is 1. The molecule has 4 nitrogen and oxygen atoms in total. The number of fused-ring (bicyclic) bond motifs is 3. The minimum atomic E-state index is 0.255. The highest BCUT2D eigenvalue weighted by molar-refractivity contribution is 6.09. The van der Waals surface area contributed by atoms with Crippen molar-refractivity contribution in [3.05, 3.63) is 60.8 Å². The van der Waals surface area contributed by atoms with E-state index in [9.17, 15) is 5.11 Å². The number of benzene rings is 2. The van der Waals surface area contributed by atoms with Crippen molar-refractivity contribution < 1.29 is 5.11 Å². The Morgan fingerprint density at radius 3 is 2.52 bits per heavy atom. The monoisotopic (exact) mass is 303 g/mol. The van der Waals surface area contributed by atoms with Gasteiger partial charge in [-0.3, -0.25) is 4.57 Å². The lowest BCUT2D eigenvalue weighted by molar-refractivity contribution is 0.476. The third kappa shape index (κ3) is 2.11. The molecule has 2 aromatic carbocycles. The Morgan fingerprint density at radius 2 is 1.70 bits per heavy atom. The standard InChI is InChI=1S/C19H17N3O/c1-21(2)13-9-10-20-19(11-13)22-17-6-4-3-5-15(17)16-8-7-14(23)12-18(16)22/h3-12,23H,1-2H3. The van der Waals surface area contributed by atoms with Gasteiger partial charge in [0.1, 0.15) is 11.6 Å². The van der Waals surface area contributed by atoms with Gasteiger partial charge in [0, 0.05) is 48.9 Å². The van der Waals surface area contributed by atoms with E-state index in [1.54, 1.807) is 12.1 Å². The van der Waals surface area contributed by atoms with Gasteiger partial charge < -0.3 is 10.0 Å². The average Bonchev–Trinajstić information content (AvgIpc) is 2.88. The maximum atomic E-state index is 9.93. The fraction of sp³-hybridized carbons (Fsp3) is 0.105. The fourth-order valence-corrected chi connectivity index (χ4v) is 3.01. The van der Waals surface area contributed by atoms with Crippen molar-refractivity contribution in [3.63, 3.8) is 0 Å². The highest BCUT2D eigenvalue weighted by Gasteiger charge is 2.13. The van der Waals surface area contributed by atoms with Crippen LogP contribution in [0.2, 0.25) is 0 Å². The summed E-state index contributed by atoms with van der Waals surface area (Å²) >= 11 is 0. The molecule has 0 spiro atoms. The first-order chi connectivity index (χ1) is 11.1. The lowest BCUT2D eigenvalue weighted by atomic mass is 10.1. The van der Waals surface area contributed by atoms with Crippen molar-refractivity contribution in [1.29, 1.82) is 0 Å². The van der Waals surface area contributed by atoms with Gasteiger partial charge in [-0.05, 0) is 24.3 Å². The van der Waals surface area contributed by atoms with Crippen molar-refractivity contribution >= 4 is 27.5 Å². The molecule has 0 aliphatic heterocycles. The molecule has 4 aromatic rings. The van der Waals surface area contributed by atoms with E-state index < -0.39 is 0 Å². The van der Waals surface area contributed by atoms with Gasteiger partial charge in [0.2, 0.25) is 0 Å². The molecule has 4 heteroatoms. The van der Waals surface area contributed by atoms with Crippen molar-refractivity contribution in [2.24, 2.45) is 0 Å². The molecule has 0 fully saturated rings. The largest absolute Gasteiger partial charge is 0.508 e. The normalized spacial score (nSPS) is 11.2. The summed E-state index contributed by atoms with van der Waals surface area (Å²) < 4.78 is 2.09. The Morgan fingerprint density at radius 1 is 0.913 bits per heavy atom. The molecule has 2 heterocycles. The van der Waals surface area contributed by atoms with Gasteiger partial charge in [-0.25, -0.2) is 4.98 Å². The maximum absolute atomic E-state index is 9.93. The maximum Gasteiger partial charge on any atom is 0.139 e. The lowest BCUT2D eigenvalue weighted by Gasteiger charge is -2.14. The van der Waals surface area contributed by atoms with Crippen molar-refractivity contribution in [3.8, 4) is 11.6 Å². The molecule has 2 aromatic heterocycles. The Kier molecular flexibility index (Phi) is 2.98. The third-order valence-electron chi connectivity index (χ3n) is 4.13. The molecule has 1 N–H and O–H groups in total. The van der Waals surface area contributed by atoms with Gasteiger partial charge in [-0.15, -0.1) is 0 Å². The van der Waals surface area contributed by atoms with E-state index in [0.29, 0.717) is 0 Å². The predicted octanol–water partition coefficient (Wildman–Crippen LogP) is 3.95. The summed E-state index contributed by atoms with van der Waals surface area (Å²) in [6.45, 7) is 0. The van der Waals surface area contributed by atoms with Gasteiger partial charge >= 0.3 is 0 Å². The summed E-state index contributed by atoms with van der Waals surface area (Å²) in [6.07, 6.45) is 1.81. The molecule has 23 heavy (non-hydrogen) atoms. The van der Waals surface area contributed by atoms with Gasteiger partial charge in [0.25, 0.3) is 0 Å². The Labute approximate surface area is 134 Å². The number of nitrogens with zero attached hydrogens (tertiary/aromatic N) is 3. The molecule has 0 aliphatic rings. The van der Waals surface area contributed by atoms with E-state index in [1.807, 2.05) is 44.6 Å². The Balaban J connectivity index is 2.12.